The summed E-state index contributed by atoms with van der Waals surface area (Å²) in [6.45, 7) is -0.430. The van der Waals surface area contributed by atoms with E-state index in [4.69, 9.17) is 0 Å². The molecule has 0 saturated heterocycles. The van der Waals surface area contributed by atoms with Crippen LogP contribution in [0.1, 0.15) is 0 Å². The van der Waals surface area contributed by atoms with Crippen LogP contribution in [-0.4, -0.2) is 20.9 Å². The topological polar surface area (TPSA) is 66.5 Å². The minimum Gasteiger partial charge on any atom is -0.325 e. The van der Waals surface area contributed by atoms with Crippen molar-refractivity contribution in [3.63, 3.8) is 0 Å². The molecule has 8 heteroatoms. The highest BCUT2D eigenvalue weighted by Gasteiger charge is 2.28. The number of halogens is 1. The predicted octanol–water partition coefficient (Wildman–Crippen LogP) is 3.72. The van der Waals surface area contributed by atoms with Gasteiger partial charge in [0.15, 0.2) is 0 Å². The Labute approximate surface area is 154 Å². The third kappa shape index (κ3) is 4.09. The molecule has 3 aromatic rings. The third-order valence-electron chi connectivity index (χ3n) is 3.50. The van der Waals surface area contributed by atoms with Gasteiger partial charge in [-0.05, 0) is 47.8 Å². The van der Waals surface area contributed by atoms with Gasteiger partial charge in [-0.15, -0.1) is 11.3 Å². The van der Waals surface area contributed by atoms with E-state index in [1.165, 1.54) is 18.2 Å². The van der Waals surface area contributed by atoms with Crippen LogP contribution in [0.25, 0.3) is 0 Å². The molecule has 0 spiro atoms. The van der Waals surface area contributed by atoms with E-state index in [1.807, 2.05) is 6.07 Å². The van der Waals surface area contributed by atoms with E-state index in [2.05, 4.69) is 5.32 Å². The van der Waals surface area contributed by atoms with Gasteiger partial charge in [0.1, 0.15) is 16.6 Å². The predicted molar refractivity (Wildman–Crippen MR) is 100 cm³/mol. The number of amides is 1. The average molecular weight is 390 g/mol. The second kappa shape index (κ2) is 7.67. The highest BCUT2D eigenvalue weighted by Crippen LogP contribution is 2.26. The Bertz CT molecular complexity index is 973. The van der Waals surface area contributed by atoms with Gasteiger partial charge in [-0.2, -0.15) is 0 Å². The fraction of sp³-hybridized carbons (Fsp3) is 0.0556. The standard InChI is InChI=1S/C18H15FN2O3S2/c19-14-8-10-16(11-9-14)21(26(23,24)18-7-4-12-25-18)13-17(22)20-15-5-2-1-3-6-15/h1-12H,13H2,(H,20,22). The number of nitrogens with zero attached hydrogens (tertiary/aromatic N) is 1. The molecule has 0 fully saturated rings. The SMILES string of the molecule is O=C(CN(c1ccc(F)cc1)S(=O)(=O)c1cccs1)Nc1ccccc1. The van der Waals surface area contributed by atoms with Gasteiger partial charge in [-0.3, -0.25) is 9.10 Å². The minimum absolute atomic E-state index is 0.106. The maximum atomic E-state index is 13.2. The molecular formula is C18H15FN2O3S2. The van der Waals surface area contributed by atoms with Crippen LogP contribution in [0.4, 0.5) is 15.8 Å². The summed E-state index contributed by atoms with van der Waals surface area (Å²) < 4.78 is 40.2. The Morgan fingerprint density at radius 3 is 2.31 bits per heavy atom. The van der Waals surface area contributed by atoms with Gasteiger partial charge in [0, 0.05) is 5.69 Å². The van der Waals surface area contributed by atoms with Crippen LogP contribution in [-0.2, 0) is 14.8 Å². The van der Waals surface area contributed by atoms with Gasteiger partial charge in [0.25, 0.3) is 10.0 Å². The lowest BCUT2D eigenvalue weighted by Gasteiger charge is -2.23. The zero-order chi connectivity index (χ0) is 18.6. The molecule has 0 radical (unpaired) electrons. The Morgan fingerprint density at radius 1 is 1.00 bits per heavy atom. The first-order valence-electron chi connectivity index (χ1n) is 7.63. The monoisotopic (exact) mass is 390 g/mol. The van der Waals surface area contributed by atoms with Crippen LogP contribution in [0.2, 0.25) is 0 Å². The molecule has 0 saturated carbocycles. The summed E-state index contributed by atoms with van der Waals surface area (Å²) >= 11 is 1.05. The molecule has 0 atom stereocenters. The van der Waals surface area contributed by atoms with Crippen molar-refractivity contribution in [1.29, 1.82) is 0 Å². The molecule has 0 aliphatic rings. The van der Waals surface area contributed by atoms with Gasteiger partial charge in [-0.25, -0.2) is 12.8 Å². The lowest BCUT2D eigenvalue weighted by atomic mass is 10.3. The molecular weight excluding hydrogens is 375 g/mol. The number of anilines is 2. The molecule has 0 aliphatic heterocycles. The Morgan fingerprint density at radius 2 is 1.69 bits per heavy atom. The van der Waals surface area contributed by atoms with Gasteiger partial charge in [0.05, 0.1) is 5.69 Å². The molecule has 2 aromatic carbocycles. The van der Waals surface area contributed by atoms with E-state index in [0.29, 0.717) is 5.69 Å². The molecule has 1 aromatic heterocycles. The highest BCUT2D eigenvalue weighted by atomic mass is 32.2. The fourth-order valence-electron chi connectivity index (χ4n) is 2.29. The van der Waals surface area contributed by atoms with Gasteiger partial charge < -0.3 is 5.32 Å². The zero-order valence-corrected chi connectivity index (χ0v) is 15.1. The van der Waals surface area contributed by atoms with Crippen molar-refractivity contribution in [1.82, 2.24) is 0 Å². The van der Waals surface area contributed by atoms with Crippen molar-refractivity contribution in [3.05, 3.63) is 77.9 Å². The Hall–Kier alpha value is -2.71. The number of thiophene rings is 1. The van der Waals surface area contributed by atoms with E-state index in [9.17, 15) is 17.6 Å². The molecule has 0 unspecified atom stereocenters. The smallest absolute Gasteiger partial charge is 0.274 e. The van der Waals surface area contributed by atoms with Crippen LogP contribution in [0, 0.1) is 5.82 Å². The van der Waals surface area contributed by atoms with Crippen molar-refractivity contribution in [2.75, 3.05) is 16.2 Å². The number of carbonyl (C=O) groups is 1. The molecule has 1 N–H and O–H groups in total. The molecule has 26 heavy (non-hydrogen) atoms. The lowest BCUT2D eigenvalue weighted by molar-refractivity contribution is -0.114. The molecule has 1 heterocycles. The largest absolute Gasteiger partial charge is 0.325 e. The molecule has 0 aliphatic carbocycles. The summed E-state index contributed by atoms with van der Waals surface area (Å²) in [7, 11) is -3.94. The van der Waals surface area contributed by atoms with Gasteiger partial charge in [-0.1, -0.05) is 24.3 Å². The lowest BCUT2D eigenvalue weighted by Crippen LogP contribution is -2.37. The average Bonchev–Trinajstić information content (AvgIpc) is 3.17. The number of benzene rings is 2. The first-order valence-corrected chi connectivity index (χ1v) is 9.95. The second-order valence-corrected chi connectivity index (χ2v) is 8.37. The quantitative estimate of drug-likeness (QED) is 0.698. The van der Waals surface area contributed by atoms with Crippen molar-refractivity contribution in [3.8, 4) is 0 Å². The molecule has 0 bridgehead atoms. The summed E-state index contributed by atoms with van der Waals surface area (Å²) in [6, 6.07) is 16.8. The first-order chi connectivity index (χ1) is 12.5. The van der Waals surface area contributed by atoms with E-state index in [0.717, 1.165) is 27.8 Å². The first kappa shape index (κ1) is 18.1. The summed E-state index contributed by atoms with van der Waals surface area (Å²) in [5, 5.41) is 4.29. The zero-order valence-electron chi connectivity index (χ0n) is 13.5. The van der Waals surface area contributed by atoms with Crippen LogP contribution in [0.3, 0.4) is 0 Å². The van der Waals surface area contributed by atoms with Crippen molar-refractivity contribution < 1.29 is 17.6 Å². The number of hydrogen-bond donors (Lipinski definition) is 1. The van der Waals surface area contributed by atoms with Crippen molar-refractivity contribution in [2.24, 2.45) is 0 Å². The van der Waals surface area contributed by atoms with E-state index in [1.54, 1.807) is 35.7 Å². The van der Waals surface area contributed by atoms with Gasteiger partial charge >= 0.3 is 0 Å². The Kier molecular flexibility index (Phi) is 5.34. The van der Waals surface area contributed by atoms with Crippen LogP contribution in [0.15, 0.2) is 76.3 Å². The molecule has 3 rings (SSSR count). The van der Waals surface area contributed by atoms with Crippen molar-refractivity contribution >= 4 is 38.6 Å². The van der Waals surface area contributed by atoms with Crippen LogP contribution < -0.4 is 9.62 Å². The highest BCUT2D eigenvalue weighted by molar-refractivity contribution is 7.94. The number of rotatable bonds is 6. The number of sulfonamides is 1. The summed E-state index contributed by atoms with van der Waals surface area (Å²) in [6.07, 6.45) is 0. The van der Waals surface area contributed by atoms with E-state index < -0.39 is 28.3 Å². The van der Waals surface area contributed by atoms with E-state index >= 15 is 0 Å². The van der Waals surface area contributed by atoms with Gasteiger partial charge in [0.2, 0.25) is 5.91 Å². The maximum absolute atomic E-state index is 13.2. The molecule has 5 nitrogen and oxygen atoms in total. The summed E-state index contributed by atoms with van der Waals surface area (Å²) in [5.74, 6) is -0.989. The number of carbonyl (C=O) groups excluding carboxylic acids is 1. The Balaban J connectivity index is 1.90. The summed E-state index contributed by atoms with van der Waals surface area (Å²) in [5.41, 5.74) is 0.771. The third-order valence-corrected chi connectivity index (χ3v) is 6.65. The second-order valence-electron chi connectivity index (χ2n) is 5.33. The molecule has 134 valence electrons. The number of nitrogens with one attached hydrogen (secondary N) is 1. The number of para-hydroxylation sites is 1. The van der Waals surface area contributed by atoms with Crippen LogP contribution >= 0.6 is 11.3 Å². The molecule has 1 amide bonds. The van der Waals surface area contributed by atoms with E-state index in [-0.39, 0.29) is 9.90 Å². The summed E-state index contributed by atoms with van der Waals surface area (Å²) in [4.78, 5) is 12.4. The minimum atomic E-state index is -3.94. The maximum Gasteiger partial charge on any atom is 0.274 e. The van der Waals surface area contributed by atoms with Crippen molar-refractivity contribution in [2.45, 2.75) is 4.21 Å². The fourth-order valence-corrected chi connectivity index (χ4v) is 4.82. The normalized spacial score (nSPS) is 11.1. The van der Waals surface area contributed by atoms with Crippen LogP contribution in [0.5, 0.6) is 0 Å². The number of hydrogen-bond acceptors (Lipinski definition) is 4.